The van der Waals surface area contributed by atoms with Crippen molar-refractivity contribution in [3.63, 3.8) is 0 Å². The van der Waals surface area contributed by atoms with Crippen LogP contribution in [-0.2, 0) is 11.5 Å². The molecule has 26 heavy (non-hydrogen) atoms. The zero-order valence-corrected chi connectivity index (χ0v) is 15.9. The second-order valence-electron chi connectivity index (χ2n) is 6.94. The Morgan fingerprint density at radius 1 is 1.31 bits per heavy atom. The maximum atomic E-state index is 12.2. The predicted octanol–water partition coefficient (Wildman–Crippen LogP) is 3.22. The van der Waals surface area contributed by atoms with Crippen LogP contribution < -0.4 is 11.1 Å². The van der Waals surface area contributed by atoms with Gasteiger partial charge in [0.2, 0.25) is 5.91 Å². The lowest BCUT2D eigenvalue weighted by Gasteiger charge is -2.31. The zero-order chi connectivity index (χ0) is 18.5. The summed E-state index contributed by atoms with van der Waals surface area (Å²) in [7, 11) is 0. The van der Waals surface area contributed by atoms with Crippen LogP contribution in [0.4, 0.5) is 0 Å². The highest BCUT2D eigenvalue weighted by Crippen LogP contribution is 2.21. The monoisotopic (exact) mass is 379 g/mol. The van der Waals surface area contributed by atoms with E-state index in [1.165, 1.54) is 0 Å². The Hall–Kier alpha value is -1.79. The summed E-state index contributed by atoms with van der Waals surface area (Å²) in [6, 6.07) is 5.17. The molecule has 2 heterocycles. The molecule has 7 heteroatoms. The van der Waals surface area contributed by atoms with Crippen molar-refractivity contribution in [2.45, 2.75) is 45.7 Å². The quantitative estimate of drug-likeness (QED) is 0.750. The van der Waals surface area contributed by atoms with E-state index in [0.717, 1.165) is 51.7 Å². The van der Waals surface area contributed by atoms with Gasteiger partial charge in [0.25, 0.3) is 0 Å². The number of carbonyl (C=O) groups is 1. The summed E-state index contributed by atoms with van der Waals surface area (Å²) >= 11 is 6.04. The van der Waals surface area contributed by atoms with Crippen molar-refractivity contribution >= 4 is 28.6 Å². The van der Waals surface area contributed by atoms with Crippen molar-refractivity contribution < 1.29 is 9.21 Å². The van der Waals surface area contributed by atoms with Gasteiger partial charge in [-0.05, 0) is 37.5 Å². The Morgan fingerprint density at radius 2 is 2.08 bits per heavy atom. The van der Waals surface area contributed by atoms with Crippen LogP contribution in [0.15, 0.2) is 27.4 Å². The van der Waals surface area contributed by atoms with Crippen molar-refractivity contribution in [2.75, 3.05) is 19.6 Å². The maximum Gasteiger partial charge on any atom is 0.421 e. The summed E-state index contributed by atoms with van der Waals surface area (Å²) in [5.74, 6) is -0.142. The number of amides is 1. The Labute approximate surface area is 158 Å². The second kappa shape index (κ2) is 8.73. The lowest BCUT2D eigenvalue weighted by Crippen LogP contribution is -2.42. The molecule has 1 N–H and O–H groups in total. The van der Waals surface area contributed by atoms with Gasteiger partial charge in [-0.2, -0.15) is 0 Å². The third kappa shape index (κ3) is 4.48. The number of fused-ring (bicyclic) bond motifs is 1. The van der Waals surface area contributed by atoms with Gasteiger partial charge in [-0.1, -0.05) is 31.4 Å². The van der Waals surface area contributed by atoms with Gasteiger partial charge in [0, 0.05) is 30.6 Å². The van der Waals surface area contributed by atoms with Gasteiger partial charge in [0.15, 0.2) is 5.58 Å². The molecule has 1 aromatic carbocycles. The summed E-state index contributed by atoms with van der Waals surface area (Å²) in [6.07, 6.45) is 4.97. The van der Waals surface area contributed by atoms with Gasteiger partial charge >= 0.3 is 5.76 Å². The molecule has 142 valence electrons. The van der Waals surface area contributed by atoms with Crippen LogP contribution in [0.3, 0.4) is 0 Å². The van der Waals surface area contributed by atoms with Crippen molar-refractivity contribution in [3.8, 4) is 0 Å². The first-order valence-corrected chi connectivity index (χ1v) is 9.75. The highest BCUT2D eigenvalue weighted by Gasteiger charge is 2.25. The first kappa shape index (κ1) is 19.0. The van der Waals surface area contributed by atoms with E-state index in [4.69, 9.17) is 16.0 Å². The van der Waals surface area contributed by atoms with Crippen molar-refractivity contribution in [1.82, 2.24) is 14.8 Å². The number of hydrogen-bond donors (Lipinski definition) is 1. The third-order valence-electron chi connectivity index (χ3n) is 5.01. The zero-order valence-electron chi connectivity index (χ0n) is 15.2. The van der Waals surface area contributed by atoms with E-state index in [1.54, 1.807) is 22.8 Å². The molecule has 1 saturated heterocycles. The number of likely N-dealkylation sites (tertiary alicyclic amines) is 1. The van der Waals surface area contributed by atoms with Gasteiger partial charge in [-0.15, -0.1) is 0 Å². The summed E-state index contributed by atoms with van der Waals surface area (Å²) in [5.41, 5.74) is 1.25. The smallest absolute Gasteiger partial charge is 0.408 e. The largest absolute Gasteiger partial charge is 0.421 e. The van der Waals surface area contributed by atoms with Crippen LogP contribution in [0.2, 0.25) is 5.02 Å². The molecule has 0 unspecified atom stereocenters. The maximum absolute atomic E-state index is 12.2. The summed E-state index contributed by atoms with van der Waals surface area (Å²) < 4.78 is 6.88. The highest BCUT2D eigenvalue weighted by atomic mass is 35.5. The fraction of sp³-hybridized carbons (Fsp3) is 0.579. The molecule has 0 spiro atoms. The van der Waals surface area contributed by atoms with E-state index >= 15 is 0 Å². The Morgan fingerprint density at radius 3 is 2.81 bits per heavy atom. The van der Waals surface area contributed by atoms with Gasteiger partial charge < -0.3 is 9.73 Å². The number of oxazole rings is 1. The number of hydrogen-bond acceptors (Lipinski definition) is 4. The number of aromatic nitrogens is 1. The van der Waals surface area contributed by atoms with Crippen LogP contribution in [0.5, 0.6) is 0 Å². The molecule has 3 rings (SSSR count). The average molecular weight is 380 g/mol. The molecular weight excluding hydrogens is 354 g/mol. The van der Waals surface area contributed by atoms with Crippen LogP contribution in [0, 0.1) is 5.92 Å². The van der Waals surface area contributed by atoms with E-state index in [9.17, 15) is 9.59 Å². The van der Waals surface area contributed by atoms with Gasteiger partial charge in [0.1, 0.15) is 0 Å². The summed E-state index contributed by atoms with van der Waals surface area (Å²) in [5, 5.41) is 3.62. The number of halogens is 1. The lowest BCUT2D eigenvalue weighted by molar-refractivity contribution is -0.126. The van der Waals surface area contributed by atoms with Crippen molar-refractivity contribution in [3.05, 3.63) is 33.8 Å². The molecule has 0 aliphatic carbocycles. The number of piperidine rings is 1. The number of rotatable bonds is 7. The summed E-state index contributed by atoms with van der Waals surface area (Å²) in [6.45, 7) is 4.94. The number of nitrogens with one attached hydrogen (secondary N) is 1. The minimum absolute atomic E-state index is 0.0696. The Balaban J connectivity index is 1.55. The Kier molecular flexibility index (Phi) is 6.38. The predicted molar refractivity (Wildman–Crippen MR) is 102 cm³/mol. The molecule has 0 radical (unpaired) electrons. The SMILES string of the molecule is CCCCCNC(=O)C1CCN(Cn2c(=O)oc3ccc(Cl)cc32)CC1. The molecule has 1 amide bonds. The highest BCUT2D eigenvalue weighted by molar-refractivity contribution is 6.31. The first-order chi connectivity index (χ1) is 12.6. The average Bonchev–Trinajstić information content (AvgIpc) is 2.94. The second-order valence-corrected chi connectivity index (χ2v) is 7.38. The van der Waals surface area contributed by atoms with Crippen LogP contribution >= 0.6 is 11.6 Å². The van der Waals surface area contributed by atoms with Crippen molar-refractivity contribution in [2.24, 2.45) is 5.92 Å². The molecule has 1 aliphatic rings. The molecule has 2 aromatic rings. The number of nitrogens with zero attached hydrogens (tertiary/aromatic N) is 2. The molecule has 1 aliphatic heterocycles. The number of benzene rings is 1. The lowest BCUT2D eigenvalue weighted by atomic mass is 9.96. The molecule has 0 atom stereocenters. The molecule has 6 nitrogen and oxygen atoms in total. The first-order valence-electron chi connectivity index (χ1n) is 9.37. The fourth-order valence-corrected chi connectivity index (χ4v) is 3.60. The van der Waals surface area contributed by atoms with Crippen LogP contribution in [0.1, 0.15) is 39.0 Å². The van der Waals surface area contributed by atoms with E-state index in [2.05, 4.69) is 17.1 Å². The topological polar surface area (TPSA) is 67.5 Å². The molecule has 1 fully saturated rings. The Bertz CT molecular complexity index is 806. The van der Waals surface area contributed by atoms with Gasteiger partial charge in [-0.3, -0.25) is 14.3 Å². The normalized spacial score (nSPS) is 16.2. The van der Waals surface area contributed by atoms with Crippen LogP contribution in [-0.4, -0.2) is 35.0 Å². The number of carbonyl (C=O) groups excluding carboxylic acids is 1. The molecule has 0 bridgehead atoms. The van der Waals surface area contributed by atoms with E-state index in [0.29, 0.717) is 22.8 Å². The molecular formula is C19H26ClN3O3. The van der Waals surface area contributed by atoms with Crippen molar-refractivity contribution in [1.29, 1.82) is 0 Å². The minimum Gasteiger partial charge on any atom is -0.408 e. The van der Waals surface area contributed by atoms with E-state index < -0.39 is 0 Å². The fourth-order valence-electron chi connectivity index (χ4n) is 3.44. The minimum atomic E-state index is -0.377. The van der Waals surface area contributed by atoms with Gasteiger partial charge in [-0.25, -0.2) is 4.79 Å². The molecule has 1 aromatic heterocycles. The standard InChI is InChI=1S/C19H26ClN3O3/c1-2-3-4-9-21-18(24)14-7-10-22(11-8-14)13-23-16-12-15(20)5-6-17(16)26-19(23)25/h5-6,12,14H,2-4,7-11,13H2,1H3,(H,21,24). The summed E-state index contributed by atoms with van der Waals surface area (Å²) in [4.78, 5) is 26.5. The third-order valence-corrected chi connectivity index (χ3v) is 5.24. The number of unbranched alkanes of at least 4 members (excludes halogenated alkanes) is 2. The van der Waals surface area contributed by atoms with Crippen LogP contribution in [0.25, 0.3) is 11.1 Å². The van der Waals surface area contributed by atoms with E-state index in [1.807, 2.05) is 0 Å². The molecule has 0 saturated carbocycles. The van der Waals surface area contributed by atoms with E-state index in [-0.39, 0.29) is 17.6 Å². The van der Waals surface area contributed by atoms with Gasteiger partial charge in [0.05, 0.1) is 12.2 Å².